The molecule has 0 aliphatic carbocycles. The van der Waals surface area contributed by atoms with Crippen molar-refractivity contribution in [1.29, 1.82) is 5.26 Å². The van der Waals surface area contributed by atoms with Gasteiger partial charge in [0, 0.05) is 11.8 Å². The van der Waals surface area contributed by atoms with Gasteiger partial charge >= 0.3 is 0 Å². The highest BCUT2D eigenvalue weighted by atomic mass is 32.2. The van der Waals surface area contributed by atoms with E-state index in [4.69, 9.17) is 0 Å². The summed E-state index contributed by atoms with van der Waals surface area (Å²) in [6, 6.07) is 12.0. The fourth-order valence-corrected chi connectivity index (χ4v) is 2.66. The number of fused-ring (bicyclic) bond motifs is 1. The summed E-state index contributed by atoms with van der Waals surface area (Å²) in [5.41, 5.74) is 3.27. The van der Waals surface area contributed by atoms with Crippen molar-refractivity contribution < 1.29 is 0 Å². The van der Waals surface area contributed by atoms with Crippen LogP contribution in [0, 0.1) is 18.3 Å². The van der Waals surface area contributed by atoms with Crippen LogP contribution in [-0.4, -0.2) is 20.9 Å². The van der Waals surface area contributed by atoms with Crippen molar-refractivity contribution in [3.63, 3.8) is 0 Å². The Kier molecular flexibility index (Phi) is 3.50. The van der Waals surface area contributed by atoms with E-state index in [2.05, 4.69) is 21.5 Å². The molecule has 0 bridgehead atoms. The van der Waals surface area contributed by atoms with E-state index in [0.717, 1.165) is 16.9 Å². The molecule has 3 aromatic rings. The lowest BCUT2D eigenvalue weighted by atomic mass is 10.2. The van der Waals surface area contributed by atoms with Crippen molar-refractivity contribution in [2.45, 2.75) is 11.9 Å². The van der Waals surface area contributed by atoms with E-state index < -0.39 is 0 Å². The minimum absolute atomic E-state index is 0.502. The molecule has 5 nitrogen and oxygen atoms in total. The molecule has 0 saturated carbocycles. The maximum Gasteiger partial charge on any atom is 0.158 e. The molecule has 104 valence electrons. The third kappa shape index (κ3) is 2.32. The third-order valence-electron chi connectivity index (χ3n) is 3.20. The Labute approximate surface area is 126 Å². The number of rotatable bonds is 3. The highest BCUT2D eigenvalue weighted by molar-refractivity contribution is 7.98. The van der Waals surface area contributed by atoms with E-state index in [1.54, 1.807) is 10.7 Å². The van der Waals surface area contributed by atoms with Gasteiger partial charge in [-0.2, -0.15) is 14.9 Å². The second-order valence-corrected chi connectivity index (χ2v) is 5.29. The van der Waals surface area contributed by atoms with E-state index in [1.165, 1.54) is 11.8 Å². The molecule has 6 heteroatoms. The topological polar surface area (TPSA) is 66.0 Å². The van der Waals surface area contributed by atoms with Crippen LogP contribution in [0.1, 0.15) is 11.1 Å². The van der Waals surface area contributed by atoms with Crippen molar-refractivity contribution in [3.05, 3.63) is 47.7 Å². The number of nitrogens with one attached hydrogen (secondary N) is 1. The molecule has 0 aliphatic rings. The lowest BCUT2D eigenvalue weighted by Crippen LogP contribution is -2.06. The molecule has 0 atom stereocenters. The summed E-state index contributed by atoms with van der Waals surface area (Å²) in [5, 5.41) is 17.8. The van der Waals surface area contributed by atoms with Crippen LogP contribution in [0.4, 0.5) is 11.5 Å². The van der Waals surface area contributed by atoms with Gasteiger partial charge in [-0.3, -0.25) is 0 Å². The molecule has 21 heavy (non-hydrogen) atoms. The maximum atomic E-state index is 9.49. The largest absolute Gasteiger partial charge is 0.339 e. The van der Waals surface area contributed by atoms with Crippen molar-refractivity contribution in [2.75, 3.05) is 11.6 Å². The van der Waals surface area contributed by atoms with E-state index in [1.807, 2.05) is 43.5 Å². The number of aryl methyl sites for hydroxylation is 1. The fourth-order valence-electron chi connectivity index (χ4n) is 2.13. The molecule has 3 rings (SSSR count). The second-order valence-electron chi connectivity index (χ2n) is 4.50. The SMILES string of the molecule is CSc1nc2ccnn2c(Nc2ccccc2C)c1C#N. The van der Waals surface area contributed by atoms with Crippen LogP contribution in [0.15, 0.2) is 41.6 Å². The van der Waals surface area contributed by atoms with E-state index in [9.17, 15) is 5.26 Å². The Balaban J connectivity index is 2.23. The Morgan fingerprint density at radius 3 is 2.81 bits per heavy atom. The zero-order chi connectivity index (χ0) is 14.8. The van der Waals surface area contributed by atoms with Crippen molar-refractivity contribution in [1.82, 2.24) is 14.6 Å². The van der Waals surface area contributed by atoms with Crippen molar-refractivity contribution in [3.8, 4) is 6.07 Å². The second kappa shape index (κ2) is 5.46. The highest BCUT2D eigenvalue weighted by Gasteiger charge is 2.16. The highest BCUT2D eigenvalue weighted by Crippen LogP contribution is 2.29. The molecule has 0 unspecified atom stereocenters. The number of hydrogen-bond acceptors (Lipinski definition) is 5. The first kappa shape index (κ1) is 13.5. The average molecular weight is 295 g/mol. The van der Waals surface area contributed by atoms with Crippen LogP contribution in [0.5, 0.6) is 0 Å². The quantitative estimate of drug-likeness (QED) is 0.592. The van der Waals surface area contributed by atoms with Crippen LogP contribution in [-0.2, 0) is 0 Å². The summed E-state index contributed by atoms with van der Waals surface area (Å²) in [4.78, 5) is 4.45. The Morgan fingerprint density at radius 2 is 2.10 bits per heavy atom. The van der Waals surface area contributed by atoms with Gasteiger partial charge in [0.15, 0.2) is 11.5 Å². The summed E-state index contributed by atoms with van der Waals surface area (Å²) < 4.78 is 1.66. The Hall–Kier alpha value is -2.52. The van der Waals surface area contributed by atoms with Gasteiger partial charge in [-0.15, -0.1) is 11.8 Å². The van der Waals surface area contributed by atoms with Crippen LogP contribution in [0.3, 0.4) is 0 Å². The number of anilines is 2. The molecular formula is C15H13N5S. The predicted molar refractivity (Wildman–Crippen MR) is 83.9 cm³/mol. The summed E-state index contributed by atoms with van der Waals surface area (Å²) in [7, 11) is 0. The maximum absolute atomic E-state index is 9.49. The number of nitriles is 1. The average Bonchev–Trinajstić information content (AvgIpc) is 2.97. The first-order valence-corrected chi connectivity index (χ1v) is 7.61. The number of benzene rings is 1. The molecule has 0 amide bonds. The lowest BCUT2D eigenvalue weighted by molar-refractivity contribution is 0.916. The van der Waals surface area contributed by atoms with Gasteiger partial charge < -0.3 is 5.32 Å². The summed E-state index contributed by atoms with van der Waals surface area (Å²) in [6.45, 7) is 2.02. The van der Waals surface area contributed by atoms with Gasteiger partial charge in [-0.1, -0.05) is 18.2 Å². The van der Waals surface area contributed by atoms with Crippen LogP contribution >= 0.6 is 11.8 Å². The molecule has 0 aliphatic heterocycles. The number of aromatic nitrogens is 3. The minimum Gasteiger partial charge on any atom is -0.339 e. The Bertz CT molecular complexity index is 847. The molecule has 1 aromatic carbocycles. The lowest BCUT2D eigenvalue weighted by Gasteiger charge is -2.13. The number of hydrogen-bond donors (Lipinski definition) is 1. The summed E-state index contributed by atoms with van der Waals surface area (Å²) >= 11 is 1.45. The molecule has 0 radical (unpaired) electrons. The molecule has 2 aromatic heterocycles. The molecular weight excluding hydrogens is 282 g/mol. The van der Waals surface area contributed by atoms with Gasteiger partial charge in [-0.05, 0) is 24.8 Å². The summed E-state index contributed by atoms with van der Waals surface area (Å²) in [5.74, 6) is 0.645. The standard InChI is InChI=1S/C15H13N5S/c1-10-5-3-4-6-12(10)18-14-11(9-16)15(21-2)19-13-7-8-17-20(13)14/h3-8,18H,1-2H3. The van der Waals surface area contributed by atoms with E-state index in [0.29, 0.717) is 16.4 Å². The minimum atomic E-state index is 0.502. The van der Waals surface area contributed by atoms with E-state index in [-0.39, 0.29) is 0 Å². The van der Waals surface area contributed by atoms with Crippen LogP contribution in [0.25, 0.3) is 5.65 Å². The normalized spacial score (nSPS) is 10.5. The fraction of sp³-hybridized carbons (Fsp3) is 0.133. The van der Waals surface area contributed by atoms with Gasteiger partial charge in [0.25, 0.3) is 0 Å². The van der Waals surface area contributed by atoms with Gasteiger partial charge in [0.2, 0.25) is 0 Å². The number of para-hydroxylation sites is 1. The molecule has 0 fully saturated rings. The predicted octanol–water partition coefficient (Wildman–Crippen LogP) is 3.37. The molecule has 0 saturated heterocycles. The molecule has 0 spiro atoms. The van der Waals surface area contributed by atoms with Gasteiger partial charge in [-0.25, -0.2) is 4.98 Å². The summed E-state index contributed by atoms with van der Waals surface area (Å²) in [6.07, 6.45) is 3.59. The first-order valence-electron chi connectivity index (χ1n) is 6.39. The van der Waals surface area contributed by atoms with Gasteiger partial charge in [0.1, 0.15) is 16.7 Å². The van der Waals surface area contributed by atoms with Crippen LogP contribution in [0.2, 0.25) is 0 Å². The van der Waals surface area contributed by atoms with Crippen LogP contribution < -0.4 is 5.32 Å². The van der Waals surface area contributed by atoms with E-state index >= 15 is 0 Å². The van der Waals surface area contributed by atoms with Crippen molar-refractivity contribution >= 4 is 28.9 Å². The third-order valence-corrected chi connectivity index (χ3v) is 3.89. The zero-order valence-electron chi connectivity index (χ0n) is 11.7. The number of thioether (sulfide) groups is 1. The monoisotopic (exact) mass is 295 g/mol. The Morgan fingerprint density at radius 1 is 1.29 bits per heavy atom. The van der Waals surface area contributed by atoms with Crippen molar-refractivity contribution in [2.24, 2.45) is 0 Å². The smallest absolute Gasteiger partial charge is 0.158 e. The molecule has 1 N–H and O–H groups in total. The molecule has 2 heterocycles. The zero-order valence-corrected chi connectivity index (χ0v) is 12.5. The number of nitrogens with zero attached hydrogens (tertiary/aromatic N) is 4. The van der Waals surface area contributed by atoms with Gasteiger partial charge in [0.05, 0.1) is 6.20 Å². The first-order chi connectivity index (χ1) is 10.2.